The van der Waals surface area contributed by atoms with Crippen LogP contribution in [0.5, 0.6) is 0 Å². The number of carbonyl (C=O) groups is 2. The maximum Gasteiger partial charge on any atom is 0.635 e. The van der Waals surface area contributed by atoms with Gasteiger partial charge in [-0.15, -0.1) is 0 Å². The van der Waals surface area contributed by atoms with Gasteiger partial charge in [-0.2, -0.15) is 11.3 Å². The van der Waals surface area contributed by atoms with Crippen molar-refractivity contribution in [2.24, 2.45) is 0 Å². The number of benzene rings is 1. The van der Waals surface area contributed by atoms with Crippen LogP contribution in [-0.4, -0.2) is 42.0 Å². The molecule has 0 saturated heterocycles. The van der Waals surface area contributed by atoms with E-state index in [1.165, 1.54) is 16.2 Å². The summed E-state index contributed by atoms with van der Waals surface area (Å²) in [6.07, 6.45) is 1.24. The monoisotopic (exact) mass is 402 g/mol. The molecule has 28 heavy (non-hydrogen) atoms. The van der Waals surface area contributed by atoms with Gasteiger partial charge in [0.1, 0.15) is 12.8 Å². The van der Waals surface area contributed by atoms with Gasteiger partial charge in [0.2, 0.25) is 5.91 Å². The second-order valence-electron chi connectivity index (χ2n) is 6.01. The molecule has 0 aliphatic carbocycles. The number of nitrogens with zero attached hydrogens (tertiary/aromatic N) is 1. The predicted octanol–water partition coefficient (Wildman–Crippen LogP) is 1.50. The Balaban J connectivity index is 2.11. The van der Waals surface area contributed by atoms with Crippen molar-refractivity contribution in [2.75, 3.05) is 11.4 Å². The van der Waals surface area contributed by atoms with E-state index in [-0.39, 0.29) is 13.0 Å². The number of nitrogens with one attached hydrogen (secondary N) is 1. The molecule has 1 heterocycles. The molecule has 1 aromatic carbocycles. The van der Waals surface area contributed by atoms with Crippen molar-refractivity contribution in [2.45, 2.75) is 26.0 Å². The number of anilines is 1. The standard InChI is InChI=1S/C19H23BN2O5S/c1-3-14-6-5-7-16(10-14)22(19(24)4-2)12-17(23)21-18(27-20(25)26)11-15-8-9-28-13-15/h4-10,13,18,25-26H,2-3,11-12H2,1H3,(H,21,23)/t18-/m1/s1. The maximum absolute atomic E-state index is 12.5. The van der Waals surface area contributed by atoms with Crippen LogP contribution >= 0.6 is 11.3 Å². The SMILES string of the molecule is C=CC(=O)N(CC(=O)N[C@@H](Cc1ccsc1)OB(O)O)c1cccc(CC)c1. The lowest BCUT2D eigenvalue weighted by molar-refractivity contribution is -0.124. The van der Waals surface area contributed by atoms with Crippen LogP contribution in [0.15, 0.2) is 53.7 Å². The van der Waals surface area contributed by atoms with Gasteiger partial charge >= 0.3 is 7.32 Å². The van der Waals surface area contributed by atoms with Gasteiger partial charge < -0.3 is 20.0 Å². The molecular weight excluding hydrogens is 379 g/mol. The number of hydrogen-bond acceptors (Lipinski definition) is 6. The normalized spacial score (nSPS) is 11.5. The smallest absolute Gasteiger partial charge is 0.402 e. The van der Waals surface area contributed by atoms with Crippen molar-refractivity contribution in [3.05, 3.63) is 64.9 Å². The summed E-state index contributed by atoms with van der Waals surface area (Å²) in [5, 5.41) is 24.6. The second-order valence-corrected chi connectivity index (χ2v) is 6.79. The molecule has 2 rings (SSSR count). The Labute approximate surface area is 168 Å². The fraction of sp³-hybridized carbons (Fsp3) is 0.263. The average Bonchev–Trinajstić information content (AvgIpc) is 3.18. The molecule has 0 bridgehead atoms. The van der Waals surface area contributed by atoms with E-state index in [9.17, 15) is 9.59 Å². The van der Waals surface area contributed by atoms with Crippen LogP contribution in [0.25, 0.3) is 0 Å². The molecule has 0 fully saturated rings. The molecule has 2 amide bonds. The summed E-state index contributed by atoms with van der Waals surface area (Å²) >= 11 is 1.48. The van der Waals surface area contributed by atoms with E-state index in [0.29, 0.717) is 5.69 Å². The van der Waals surface area contributed by atoms with E-state index in [4.69, 9.17) is 14.7 Å². The zero-order valence-corrected chi connectivity index (χ0v) is 16.4. The molecular formula is C19H23BN2O5S. The summed E-state index contributed by atoms with van der Waals surface area (Å²) in [5.41, 5.74) is 2.49. The minimum atomic E-state index is -2.03. The number of thiophene rings is 1. The van der Waals surface area contributed by atoms with Gasteiger partial charge in [0.25, 0.3) is 5.91 Å². The quantitative estimate of drug-likeness (QED) is 0.318. The van der Waals surface area contributed by atoms with Crippen molar-refractivity contribution in [1.82, 2.24) is 5.32 Å². The third-order valence-corrected chi connectivity index (χ3v) is 4.71. The second kappa shape index (κ2) is 10.8. The Kier molecular flexibility index (Phi) is 8.40. The number of carbonyl (C=O) groups excluding carboxylic acids is 2. The van der Waals surface area contributed by atoms with Gasteiger partial charge in [0.05, 0.1) is 0 Å². The largest absolute Gasteiger partial charge is 0.635 e. The summed E-state index contributed by atoms with van der Waals surface area (Å²) in [7, 11) is -2.03. The van der Waals surface area contributed by atoms with E-state index in [1.54, 1.807) is 6.07 Å². The summed E-state index contributed by atoms with van der Waals surface area (Å²) < 4.78 is 4.97. The van der Waals surface area contributed by atoms with Crippen LogP contribution in [0.2, 0.25) is 0 Å². The molecule has 0 aliphatic rings. The van der Waals surface area contributed by atoms with E-state index in [0.717, 1.165) is 23.6 Å². The number of amides is 2. The van der Waals surface area contributed by atoms with Crippen molar-refractivity contribution in [3.8, 4) is 0 Å². The highest BCUT2D eigenvalue weighted by Gasteiger charge is 2.23. The first-order chi connectivity index (χ1) is 13.4. The van der Waals surface area contributed by atoms with E-state index < -0.39 is 25.4 Å². The molecule has 2 aromatic rings. The van der Waals surface area contributed by atoms with Gasteiger partial charge in [0.15, 0.2) is 0 Å². The summed E-state index contributed by atoms with van der Waals surface area (Å²) in [6, 6.07) is 9.18. The number of aryl methyl sites for hydroxylation is 1. The molecule has 0 radical (unpaired) electrons. The minimum Gasteiger partial charge on any atom is -0.402 e. The molecule has 9 heteroatoms. The first-order valence-electron chi connectivity index (χ1n) is 8.77. The van der Waals surface area contributed by atoms with Gasteiger partial charge in [-0.1, -0.05) is 25.6 Å². The lowest BCUT2D eigenvalue weighted by Crippen LogP contribution is -2.47. The Morgan fingerprint density at radius 1 is 1.36 bits per heavy atom. The Hall–Kier alpha value is -2.46. The van der Waals surface area contributed by atoms with Gasteiger partial charge in [-0.3, -0.25) is 14.5 Å². The summed E-state index contributed by atoms with van der Waals surface area (Å²) in [4.78, 5) is 26.1. The summed E-state index contributed by atoms with van der Waals surface area (Å²) in [5.74, 6) is -0.918. The molecule has 0 unspecified atom stereocenters. The average molecular weight is 402 g/mol. The first-order valence-corrected chi connectivity index (χ1v) is 9.72. The van der Waals surface area contributed by atoms with Crippen LogP contribution < -0.4 is 10.2 Å². The van der Waals surface area contributed by atoms with Crippen LogP contribution in [0, 0.1) is 0 Å². The predicted molar refractivity (Wildman–Crippen MR) is 110 cm³/mol. The van der Waals surface area contributed by atoms with Crippen LogP contribution in [0.3, 0.4) is 0 Å². The highest BCUT2D eigenvalue weighted by molar-refractivity contribution is 7.07. The molecule has 0 aliphatic heterocycles. The van der Waals surface area contributed by atoms with Crippen molar-refractivity contribution >= 4 is 36.2 Å². The fourth-order valence-electron chi connectivity index (χ4n) is 2.62. The fourth-order valence-corrected chi connectivity index (χ4v) is 3.30. The number of hydrogen-bond donors (Lipinski definition) is 3. The Bertz CT molecular complexity index is 797. The first kappa shape index (κ1) is 21.8. The summed E-state index contributed by atoms with van der Waals surface area (Å²) in [6.45, 7) is 5.23. The maximum atomic E-state index is 12.5. The third kappa shape index (κ3) is 6.61. The molecule has 0 spiro atoms. The highest BCUT2D eigenvalue weighted by atomic mass is 32.1. The molecule has 148 valence electrons. The van der Waals surface area contributed by atoms with Gasteiger partial charge in [-0.25, -0.2) is 0 Å². The van der Waals surface area contributed by atoms with Crippen molar-refractivity contribution in [3.63, 3.8) is 0 Å². The molecule has 1 atom stereocenters. The topological polar surface area (TPSA) is 99.1 Å². The van der Waals surface area contributed by atoms with Gasteiger partial charge in [-0.05, 0) is 52.6 Å². The third-order valence-electron chi connectivity index (χ3n) is 3.98. The molecule has 7 nitrogen and oxygen atoms in total. The molecule has 0 saturated carbocycles. The Morgan fingerprint density at radius 2 is 2.14 bits per heavy atom. The van der Waals surface area contributed by atoms with Crippen LogP contribution in [0.1, 0.15) is 18.1 Å². The van der Waals surface area contributed by atoms with Crippen LogP contribution in [-0.2, 0) is 27.1 Å². The van der Waals surface area contributed by atoms with E-state index in [1.807, 2.05) is 41.9 Å². The van der Waals surface area contributed by atoms with Gasteiger partial charge in [0, 0.05) is 12.1 Å². The molecule has 1 aromatic heterocycles. The van der Waals surface area contributed by atoms with Crippen molar-refractivity contribution in [1.29, 1.82) is 0 Å². The highest BCUT2D eigenvalue weighted by Crippen LogP contribution is 2.17. The lowest BCUT2D eigenvalue weighted by atomic mass is 10.1. The zero-order valence-electron chi connectivity index (χ0n) is 15.6. The number of rotatable bonds is 10. The Morgan fingerprint density at radius 3 is 2.75 bits per heavy atom. The van der Waals surface area contributed by atoms with Crippen LogP contribution in [0.4, 0.5) is 5.69 Å². The molecule has 3 N–H and O–H groups in total. The van der Waals surface area contributed by atoms with Crippen molar-refractivity contribution < 1.29 is 24.3 Å². The minimum absolute atomic E-state index is 0.258. The van der Waals surface area contributed by atoms with E-state index in [2.05, 4.69) is 11.9 Å². The van der Waals surface area contributed by atoms with E-state index >= 15 is 0 Å². The lowest BCUT2D eigenvalue weighted by Gasteiger charge is -2.24. The zero-order chi connectivity index (χ0) is 20.5.